The van der Waals surface area contributed by atoms with Crippen LogP contribution in [0.25, 0.3) is 0 Å². The molecule has 5 amide bonds. The summed E-state index contributed by atoms with van der Waals surface area (Å²) in [7, 11) is 0. The number of hydrogen-bond acceptors (Lipinski definition) is 7. The molecule has 4 atom stereocenters. The second-order valence-electron chi connectivity index (χ2n) is 7.14. The van der Waals surface area contributed by atoms with Gasteiger partial charge in [-0.3, -0.25) is 24.0 Å². The predicted octanol–water partition coefficient (Wildman–Crippen LogP) is -3.33. The molecule has 0 aromatic carbocycles. The molecule has 4 unspecified atom stereocenters. The maximum atomic E-state index is 12.4. The van der Waals surface area contributed by atoms with Crippen LogP contribution in [0.4, 0.5) is 0 Å². The topological polar surface area (TPSA) is 237 Å². The first-order chi connectivity index (χ1) is 13.8. The van der Waals surface area contributed by atoms with E-state index in [9.17, 15) is 28.8 Å². The molecule has 0 heterocycles. The lowest BCUT2D eigenvalue weighted by molar-refractivity contribution is -0.143. The van der Waals surface area contributed by atoms with Crippen LogP contribution in [-0.4, -0.2) is 64.8 Å². The molecular formula is C17H30N6O7. The van der Waals surface area contributed by atoms with Gasteiger partial charge in [0.05, 0.1) is 12.5 Å². The maximum absolute atomic E-state index is 12.4. The highest BCUT2D eigenvalue weighted by molar-refractivity contribution is 5.96. The van der Waals surface area contributed by atoms with E-state index in [-0.39, 0.29) is 12.8 Å². The maximum Gasteiger partial charge on any atom is 0.326 e. The van der Waals surface area contributed by atoms with Gasteiger partial charge in [-0.1, -0.05) is 13.8 Å². The molecule has 10 N–H and O–H groups in total. The van der Waals surface area contributed by atoms with Gasteiger partial charge in [-0.15, -0.1) is 0 Å². The number of carbonyl (C=O) groups excluding carboxylic acids is 5. The minimum absolute atomic E-state index is 0.0728. The molecule has 13 nitrogen and oxygen atoms in total. The highest BCUT2D eigenvalue weighted by Gasteiger charge is 2.30. The summed E-state index contributed by atoms with van der Waals surface area (Å²) < 4.78 is 0. The Bertz CT molecular complexity index is 682. The Morgan fingerprint density at radius 3 is 1.83 bits per heavy atom. The zero-order valence-electron chi connectivity index (χ0n) is 17.1. The average Bonchev–Trinajstić information content (AvgIpc) is 2.61. The molecule has 0 aliphatic carbocycles. The van der Waals surface area contributed by atoms with Crippen LogP contribution in [0.2, 0.25) is 0 Å². The minimum Gasteiger partial charge on any atom is -0.480 e. The van der Waals surface area contributed by atoms with E-state index in [0.29, 0.717) is 0 Å². The van der Waals surface area contributed by atoms with Gasteiger partial charge >= 0.3 is 5.97 Å². The third-order valence-corrected chi connectivity index (χ3v) is 4.06. The number of nitrogens with one attached hydrogen (secondary N) is 3. The van der Waals surface area contributed by atoms with Gasteiger partial charge in [-0.25, -0.2) is 4.79 Å². The van der Waals surface area contributed by atoms with Crippen LogP contribution in [0.15, 0.2) is 0 Å². The molecule has 0 aromatic rings. The summed E-state index contributed by atoms with van der Waals surface area (Å²) in [4.78, 5) is 69.9. The van der Waals surface area contributed by atoms with Crippen molar-refractivity contribution >= 4 is 35.5 Å². The second kappa shape index (κ2) is 12.4. The fourth-order valence-corrected chi connectivity index (χ4v) is 2.29. The Kier molecular flexibility index (Phi) is 11.0. The van der Waals surface area contributed by atoms with E-state index in [1.165, 1.54) is 6.92 Å². The lowest BCUT2D eigenvalue weighted by Crippen LogP contribution is -2.57. The predicted molar refractivity (Wildman–Crippen MR) is 104 cm³/mol. The molecule has 0 aliphatic rings. The second-order valence-corrected chi connectivity index (χ2v) is 7.14. The molecule has 0 fully saturated rings. The molecule has 0 bridgehead atoms. The smallest absolute Gasteiger partial charge is 0.326 e. The van der Waals surface area contributed by atoms with Crippen molar-refractivity contribution in [3.8, 4) is 0 Å². The number of amides is 5. The highest BCUT2D eigenvalue weighted by atomic mass is 16.4. The fraction of sp³-hybridized carbons (Fsp3) is 0.647. The number of aliphatic carboxylic acids is 1. The standard InChI is InChI=1S/C17H30N6O7/c1-7(2)13(17(29)30)23-14(26)8(3)21-16(28)10(6-12(20)25)22-15(27)9(18)4-5-11(19)24/h7-10,13H,4-6,18H2,1-3H3,(H2,19,24)(H2,20,25)(H,21,28)(H,22,27)(H,23,26)(H,29,30). The largest absolute Gasteiger partial charge is 0.480 e. The van der Waals surface area contributed by atoms with Gasteiger partial charge in [0.15, 0.2) is 0 Å². The Balaban J connectivity index is 5.07. The summed E-state index contributed by atoms with van der Waals surface area (Å²) in [5, 5.41) is 15.9. The number of carboxylic acids is 1. The number of primary amides is 2. The number of nitrogens with two attached hydrogens (primary N) is 3. The summed E-state index contributed by atoms with van der Waals surface area (Å²) in [6.07, 6.45) is -0.798. The minimum atomic E-state index is -1.43. The first-order valence-electron chi connectivity index (χ1n) is 9.22. The van der Waals surface area contributed by atoms with Crippen molar-refractivity contribution in [2.24, 2.45) is 23.1 Å². The van der Waals surface area contributed by atoms with E-state index < -0.39 is 72.0 Å². The molecule has 0 radical (unpaired) electrons. The molecule has 0 saturated heterocycles. The van der Waals surface area contributed by atoms with Gasteiger partial charge in [0.2, 0.25) is 29.5 Å². The van der Waals surface area contributed by atoms with Crippen molar-refractivity contribution < 1.29 is 33.9 Å². The van der Waals surface area contributed by atoms with Crippen LogP contribution in [0.3, 0.4) is 0 Å². The lowest BCUT2D eigenvalue weighted by Gasteiger charge is -2.23. The zero-order chi connectivity index (χ0) is 23.6. The molecular weight excluding hydrogens is 400 g/mol. The van der Waals surface area contributed by atoms with Gasteiger partial charge in [-0.05, 0) is 19.3 Å². The van der Waals surface area contributed by atoms with Crippen LogP contribution in [0.5, 0.6) is 0 Å². The third kappa shape index (κ3) is 9.82. The highest BCUT2D eigenvalue weighted by Crippen LogP contribution is 2.03. The van der Waals surface area contributed by atoms with Crippen LogP contribution in [-0.2, 0) is 28.8 Å². The van der Waals surface area contributed by atoms with Crippen LogP contribution < -0.4 is 33.2 Å². The van der Waals surface area contributed by atoms with Crippen molar-refractivity contribution in [2.45, 2.75) is 64.2 Å². The normalized spacial score (nSPS) is 14.7. The quantitative estimate of drug-likeness (QED) is 0.155. The number of hydrogen-bond donors (Lipinski definition) is 7. The van der Waals surface area contributed by atoms with Crippen molar-refractivity contribution in [3.63, 3.8) is 0 Å². The van der Waals surface area contributed by atoms with E-state index in [1.807, 2.05) is 0 Å². The lowest BCUT2D eigenvalue weighted by atomic mass is 10.0. The van der Waals surface area contributed by atoms with Crippen molar-refractivity contribution in [1.29, 1.82) is 0 Å². The van der Waals surface area contributed by atoms with E-state index >= 15 is 0 Å². The summed E-state index contributed by atoms with van der Waals surface area (Å²) in [5.74, 6) is -5.69. The molecule has 0 rings (SSSR count). The Morgan fingerprint density at radius 2 is 1.40 bits per heavy atom. The van der Waals surface area contributed by atoms with E-state index in [2.05, 4.69) is 16.0 Å². The first-order valence-corrected chi connectivity index (χ1v) is 9.22. The molecule has 0 saturated carbocycles. The summed E-state index contributed by atoms with van der Waals surface area (Å²) >= 11 is 0. The summed E-state index contributed by atoms with van der Waals surface area (Å²) in [5.41, 5.74) is 15.7. The number of carbonyl (C=O) groups is 6. The molecule has 0 aliphatic heterocycles. The van der Waals surface area contributed by atoms with Gasteiger partial charge in [-0.2, -0.15) is 0 Å². The Labute approximate surface area is 173 Å². The molecule has 0 spiro atoms. The Hall–Kier alpha value is -3.22. The van der Waals surface area contributed by atoms with Crippen LogP contribution >= 0.6 is 0 Å². The fourth-order valence-electron chi connectivity index (χ4n) is 2.29. The SMILES string of the molecule is CC(NC(=O)C(CC(N)=O)NC(=O)C(N)CCC(N)=O)C(=O)NC(C(=O)O)C(C)C. The van der Waals surface area contributed by atoms with E-state index in [4.69, 9.17) is 22.3 Å². The Morgan fingerprint density at radius 1 is 0.833 bits per heavy atom. The van der Waals surface area contributed by atoms with E-state index in [1.54, 1.807) is 13.8 Å². The van der Waals surface area contributed by atoms with Gasteiger partial charge in [0.25, 0.3) is 0 Å². The van der Waals surface area contributed by atoms with Crippen LogP contribution in [0, 0.1) is 5.92 Å². The monoisotopic (exact) mass is 430 g/mol. The van der Waals surface area contributed by atoms with Gasteiger partial charge in [0.1, 0.15) is 18.1 Å². The summed E-state index contributed by atoms with van der Waals surface area (Å²) in [6, 6.07) is -4.93. The van der Waals surface area contributed by atoms with Crippen LogP contribution in [0.1, 0.15) is 40.0 Å². The number of rotatable bonds is 13. The van der Waals surface area contributed by atoms with Gasteiger partial charge in [0, 0.05) is 6.42 Å². The molecule has 170 valence electrons. The third-order valence-electron chi connectivity index (χ3n) is 4.06. The van der Waals surface area contributed by atoms with E-state index in [0.717, 1.165) is 0 Å². The first kappa shape index (κ1) is 26.8. The van der Waals surface area contributed by atoms with Gasteiger partial charge < -0.3 is 38.3 Å². The molecule has 13 heteroatoms. The molecule has 30 heavy (non-hydrogen) atoms. The number of carboxylic acid groups (broad SMARTS) is 1. The average molecular weight is 430 g/mol. The molecule has 0 aromatic heterocycles. The van der Waals surface area contributed by atoms with Crippen molar-refractivity contribution in [1.82, 2.24) is 16.0 Å². The van der Waals surface area contributed by atoms with Crippen molar-refractivity contribution in [3.05, 3.63) is 0 Å². The zero-order valence-corrected chi connectivity index (χ0v) is 17.1. The summed E-state index contributed by atoms with van der Waals surface area (Å²) in [6.45, 7) is 4.50. The van der Waals surface area contributed by atoms with Crippen molar-refractivity contribution in [2.75, 3.05) is 0 Å².